The Balaban J connectivity index is 1.44. The number of hydrogen-bond donors (Lipinski definition) is 3. The van der Waals surface area contributed by atoms with Gasteiger partial charge in [-0.2, -0.15) is 5.26 Å². The van der Waals surface area contributed by atoms with Gasteiger partial charge in [0.05, 0.1) is 28.8 Å². The van der Waals surface area contributed by atoms with E-state index in [-0.39, 0.29) is 23.0 Å². The lowest BCUT2D eigenvalue weighted by molar-refractivity contribution is -0.139. The molecule has 0 saturated heterocycles. The average molecular weight is 542 g/mol. The van der Waals surface area contributed by atoms with Crippen LogP contribution in [0.25, 0.3) is 11.3 Å². The maximum Gasteiger partial charge on any atom is 0.326 e. The molecule has 0 radical (unpaired) electrons. The Morgan fingerprint density at radius 1 is 1.03 bits per heavy atom. The zero-order valence-corrected chi connectivity index (χ0v) is 22.3. The number of benzene rings is 3. The normalized spacial score (nSPS) is 12.4. The van der Waals surface area contributed by atoms with E-state index >= 15 is 0 Å². The highest BCUT2D eigenvalue weighted by atomic mass is 35.5. The average Bonchev–Trinajstić information content (AvgIpc) is 3.41. The lowest BCUT2D eigenvalue weighted by Gasteiger charge is -2.16. The molecular formula is C31H28ClN3O4. The van der Waals surface area contributed by atoms with Crippen molar-refractivity contribution in [1.29, 1.82) is 5.26 Å². The molecule has 0 spiro atoms. The van der Waals surface area contributed by atoms with Gasteiger partial charge in [-0.15, -0.1) is 0 Å². The van der Waals surface area contributed by atoms with Crippen molar-refractivity contribution in [2.45, 2.75) is 38.9 Å². The van der Waals surface area contributed by atoms with Crippen molar-refractivity contribution in [3.63, 3.8) is 0 Å². The summed E-state index contributed by atoms with van der Waals surface area (Å²) in [5.41, 5.74) is 4.32. The molecule has 8 heteroatoms. The Morgan fingerprint density at radius 2 is 1.74 bits per heavy atom. The van der Waals surface area contributed by atoms with Crippen LogP contribution in [-0.2, 0) is 17.8 Å². The monoisotopic (exact) mass is 541 g/mol. The van der Waals surface area contributed by atoms with Crippen molar-refractivity contribution in [2.24, 2.45) is 0 Å². The fourth-order valence-electron chi connectivity index (χ4n) is 4.09. The fraction of sp³-hybridized carbons (Fsp3) is 0.194. The maximum absolute atomic E-state index is 13.1. The standard InChI is InChI=1S/C31H28ClN3O4/c1-19-3-9-23(10-4-19)20(2)34-18-25-12-14-29(39-25)24-11-13-27(32)26(16-24)30(36)35-28(31(37)38)15-21-5-7-22(17-33)8-6-21/h3-14,16,20,28,34H,15,18H2,1-2H3,(H,35,36)(H,37,38)/t20-,28-/m1/s1. The van der Waals surface area contributed by atoms with Crippen molar-refractivity contribution in [1.82, 2.24) is 10.6 Å². The molecule has 2 atom stereocenters. The predicted octanol–water partition coefficient (Wildman–Crippen LogP) is 6.06. The number of halogens is 1. The molecule has 4 rings (SSSR count). The number of hydrogen-bond acceptors (Lipinski definition) is 5. The molecule has 3 aromatic carbocycles. The summed E-state index contributed by atoms with van der Waals surface area (Å²) in [6, 6.07) is 24.5. The summed E-state index contributed by atoms with van der Waals surface area (Å²) >= 11 is 6.31. The first-order valence-electron chi connectivity index (χ1n) is 12.4. The highest BCUT2D eigenvalue weighted by Gasteiger charge is 2.23. The Morgan fingerprint density at radius 3 is 2.41 bits per heavy atom. The van der Waals surface area contributed by atoms with Gasteiger partial charge in [-0.1, -0.05) is 53.6 Å². The van der Waals surface area contributed by atoms with E-state index in [0.717, 1.165) is 5.76 Å². The minimum absolute atomic E-state index is 0.0552. The Bertz CT molecular complexity index is 1500. The topological polar surface area (TPSA) is 115 Å². The van der Waals surface area contributed by atoms with Gasteiger partial charge in [-0.3, -0.25) is 4.79 Å². The number of aryl methyl sites for hydroxylation is 1. The van der Waals surface area contributed by atoms with Gasteiger partial charge in [0.25, 0.3) is 5.91 Å². The molecule has 0 aliphatic rings. The third kappa shape index (κ3) is 7.14. The molecule has 0 unspecified atom stereocenters. The van der Waals surface area contributed by atoms with E-state index in [9.17, 15) is 14.7 Å². The second-order valence-corrected chi connectivity index (χ2v) is 9.76. The second kappa shape index (κ2) is 12.4. The van der Waals surface area contributed by atoms with Crippen LogP contribution >= 0.6 is 11.6 Å². The number of nitrogens with one attached hydrogen (secondary N) is 2. The fourth-order valence-corrected chi connectivity index (χ4v) is 4.30. The summed E-state index contributed by atoms with van der Waals surface area (Å²) < 4.78 is 6.01. The molecule has 39 heavy (non-hydrogen) atoms. The first kappa shape index (κ1) is 27.6. The van der Waals surface area contributed by atoms with Crippen LogP contribution in [0.15, 0.2) is 83.3 Å². The SMILES string of the molecule is Cc1ccc([C@@H](C)NCc2ccc(-c3ccc(Cl)c(C(=O)N[C@H](Cc4ccc(C#N)cc4)C(=O)O)c3)o2)cc1. The number of amides is 1. The van der Waals surface area contributed by atoms with Gasteiger partial charge in [0.2, 0.25) is 0 Å². The molecule has 0 aliphatic carbocycles. The van der Waals surface area contributed by atoms with Gasteiger partial charge in [0, 0.05) is 18.0 Å². The quantitative estimate of drug-likeness (QED) is 0.225. The molecule has 0 saturated carbocycles. The van der Waals surface area contributed by atoms with Crippen LogP contribution in [0.1, 0.15) is 51.3 Å². The largest absolute Gasteiger partial charge is 0.480 e. The van der Waals surface area contributed by atoms with E-state index in [1.165, 1.54) is 11.1 Å². The molecular weight excluding hydrogens is 514 g/mol. The number of carboxylic acid groups (broad SMARTS) is 1. The van der Waals surface area contributed by atoms with Crippen LogP contribution in [-0.4, -0.2) is 23.0 Å². The number of aliphatic carboxylic acids is 1. The first-order chi connectivity index (χ1) is 18.7. The van der Waals surface area contributed by atoms with E-state index in [4.69, 9.17) is 21.3 Å². The van der Waals surface area contributed by atoms with Crippen LogP contribution in [0.3, 0.4) is 0 Å². The molecule has 1 aromatic heterocycles. The molecule has 1 amide bonds. The van der Waals surface area contributed by atoms with E-state index < -0.39 is 17.9 Å². The zero-order valence-electron chi connectivity index (χ0n) is 21.6. The van der Waals surface area contributed by atoms with Crippen molar-refractivity contribution >= 4 is 23.5 Å². The number of carboxylic acids is 1. The van der Waals surface area contributed by atoms with Crippen LogP contribution in [0.5, 0.6) is 0 Å². The second-order valence-electron chi connectivity index (χ2n) is 9.35. The maximum atomic E-state index is 13.1. The minimum atomic E-state index is -1.18. The summed E-state index contributed by atoms with van der Waals surface area (Å²) in [6.45, 7) is 4.66. The summed E-state index contributed by atoms with van der Waals surface area (Å²) in [7, 11) is 0. The molecule has 1 heterocycles. The van der Waals surface area contributed by atoms with E-state index in [2.05, 4.69) is 48.7 Å². The number of rotatable bonds is 10. The van der Waals surface area contributed by atoms with Gasteiger partial charge >= 0.3 is 5.97 Å². The summed E-state index contributed by atoms with van der Waals surface area (Å²) in [5.74, 6) is -0.488. The summed E-state index contributed by atoms with van der Waals surface area (Å²) in [4.78, 5) is 24.9. The Hall–Kier alpha value is -4.38. The highest BCUT2D eigenvalue weighted by Crippen LogP contribution is 2.27. The number of furan rings is 1. The molecule has 3 N–H and O–H groups in total. The zero-order chi connectivity index (χ0) is 27.9. The number of nitrogens with zero attached hydrogens (tertiary/aromatic N) is 1. The lowest BCUT2D eigenvalue weighted by Crippen LogP contribution is -2.42. The third-order valence-corrected chi connectivity index (χ3v) is 6.77. The summed E-state index contributed by atoms with van der Waals surface area (Å²) in [6.07, 6.45) is 0.0552. The number of carbonyl (C=O) groups is 2. The minimum Gasteiger partial charge on any atom is -0.480 e. The number of carbonyl (C=O) groups excluding carboxylic acids is 1. The first-order valence-corrected chi connectivity index (χ1v) is 12.8. The van der Waals surface area contributed by atoms with Crippen molar-refractivity contribution in [3.8, 4) is 17.4 Å². The van der Waals surface area contributed by atoms with Crippen LogP contribution in [0.2, 0.25) is 5.02 Å². The van der Waals surface area contributed by atoms with E-state index in [0.29, 0.717) is 29.0 Å². The van der Waals surface area contributed by atoms with Crippen LogP contribution < -0.4 is 10.6 Å². The van der Waals surface area contributed by atoms with Crippen molar-refractivity contribution < 1.29 is 19.1 Å². The molecule has 0 aliphatic heterocycles. The van der Waals surface area contributed by atoms with E-state index in [1.54, 1.807) is 42.5 Å². The lowest BCUT2D eigenvalue weighted by atomic mass is 10.0. The van der Waals surface area contributed by atoms with Gasteiger partial charge in [-0.25, -0.2) is 4.79 Å². The van der Waals surface area contributed by atoms with Crippen molar-refractivity contribution in [3.05, 3.63) is 117 Å². The molecule has 198 valence electrons. The van der Waals surface area contributed by atoms with Gasteiger partial charge < -0.3 is 20.2 Å². The Labute approximate surface area is 232 Å². The smallest absolute Gasteiger partial charge is 0.326 e. The predicted molar refractivity (Wildman–Crippen MR) is 149 cm³/mol. The van der Waals surface area contributed by atoms with Gasteiger partial charge in [-0.05, 0) is 67.4 Å². The highest BCUT2D eigenvalue weighted by molar-refractivity contribution is 6.34. The van der Waals surface area contributed by atoms with Gasteiger partial charge in [0.1, 0.15) is 17.6 Å². The molecule has 0 fully saturated rings. The van der Waals surface area contributed by atoms with Crippen LogP contribution in [0, 0.1) is 18.3 Å². The van der Waals surface area contributed by atoms with Gasteiger partial charge in [0.15, 0.2) is 0 Å². The molecule has 4 aromatic rings. The third-order valence-electron chi connectivity index (χ3n) is 6.44. The van der Waals surface area contributed by atoms with Crippen molar-refractivity contribution in [2.75, 3.05) is 0 Å². The van der Waals surface area contributed by atoms with E-state index in [1.807, 2.05) is 18.2 Å². The summed E-state index contributed by atoms with van der Waals surface area (Å²) in [5, 5.41) is 24.8. The van der Waals surface area contributed by atoms with Crippen LogP contribution in [0.4, 0.5) is 0 Å². The number of nitriles is 1. The molecule has 7 nitrogen and oxygen atoms in total. The molecule has 0 bridgehead atoms. The Kier molecular flexibility index (Phi) is 8.82.